The summed E-state index contributed by atoms with van der Waals surface area (Å²) >= 11 is 0. The van der Waals surface area contributed by atoms with Crippen molar-refractivity contribution >= 4 is 6.47 Å². The van der Waals surface area contributed by atoms with Crippen molar-refractivity contribution in [1.82, 2.24) is 4.98 Å². The number of carbonyl (C=O) groups excluding carboxylic acids is 1. The molecule has 1 heterocycles. The molecule has 98 valence electrons. The minimum absolute atomic E-state index is 0.218. The molecule has 0 saturated heterocycles. The molecule has 0 fully saturated rings. The summed E-state index contributed by atoms with van der Waals surface area (Å²) in [7, 11) is 0. The van der Waals surface area contributed by atoms with Crippen molar-refractivity contribution in [3.63, 3.8) is 0 Å². The first kappa shape index (κ1) is 13.3. The normalized spacial score (nSPS) is 10.5. The van der Waals surface area contributed by atoms with Crippen molar-refractivity contribution in [2.24, 2.45) is 0 Å². The third kappa shape index (κ3) is 3.41. The molecule has 0 bridgehead atoms. The first-order valence-electron chi connectivity index (χ1n) is 6.31. The summed E-state index contributed by atoms with van der Waals surface area (Å²) in [6, 6.07) is 12.3. The van der Waals surface area contributed by atoms with Gasteiger partial charge in [0.05, 0.1) is 5.69 Å². The van der Waals surface area contributed by atoms with E-state index in [0.717, 1.165) is 16.8 Å². The van der Waals surface area contributed by atoms with E-state index in [1.807, 2.05) is 18.3 Å². The van der Waals surface area contributed by atoms with Gasteiger partial charge in [0.2, 0.25) is 0 Å². The second kappa shape index (κ2) is 6.14. The zero-order chi connectivity index (χ0) is 13.7. The highest BCUT2D eigenvalue weighted by Crippen LogP contribution is 2.23. The molecule has 0 saturated carbocycles. The highest BCUT2D eigenvalue weighted by atomic mass is 16.5. The molecule has 3 heteroatoms. The Morgan fingerprint density at radius 2 is 2.05 bits per heavy atom. The molecule has 2 aromatic rings. The summed E-state index contributed by atoms with van der Waals surface area (Å²) in [5.41, 5.74) is 4.28. The van der Waals surface area contributed by atoms with E-state index in [-0.39, 0.29) is 6.61 Å². The predicted octanol–water partition coefficient (Wildman–Crippen LogP) is 3.55. The minimum Gasteiger partial charge on any atom is -0.461 e. The van der Waals surface area contributed by atoms with Crippen LogP contribution >= 0.6 is 0 Å². The van der Waals surface area contributed by atoms with Gasteiger partial charge in [0.15, 0.2) is 0 Å². The van der Waals surface area contributed by atoms with E-state index in [2.05, 4.69) is 47.8 Å². The van der Waals surface area contributed by atoms with Crippen LogP contribution < -0.4 is 0 Å². The summed E-state index contributed by atoms with van der Waals surface area (Å²) in [4.78, 5) is 14.4. The lowest BCUT2D eigenvalue weighted by atomic mass is 9.98. The molecule has 0 atom stereocenters. The fourth-order valence-electron chi connectivity index (χ4n) is 1.88. The molecule has 3 nitrogen and oxygen atoms in total. The van der Waals surface area contributed by atoms with Crippen LogP contribution in [0.4, 0.5) is 0 Å². The van der Waals surface area contributed by atoms with Crippen molar-refractivity contribution < 1.29 is 9.53 Å². The molecule has 0 amide bonds. The number of pyridine rings is 1. The van der Waals surface area contributed by atoms with E-state index in [1.165, 1.54) is 5.56 Å². The molecule has 2 rings (SSSR count). The van der Waals surface area contributed by atoms with Gasteiger partial charge in [0.25, 0.3) is 6.47 Å². The maximum atomic E-state index is 10.1. The zero-order valence-corrected chi connectivity index (χ0v) is 11.2. The van der Waals surface area contributed by atoms with Gasteiger partial charge in [-0.15, -0.1) is 0 Å². The number of ether oxygens (including phenoxy) is 1. The van der Waals surface area contributed by atoms with E-state index in [4.69, 9.17) is 0 Å². The van der Waals surface area contributed by atoms with Crippen LogP contribution in [-0.2, 0) is 16.1 Å². The van der Waals surface area contributed by atoms with E-state index < -0.39 is 0 Å². The molecule has 1 aromatic carbocycles. The second-order valence-electron chi connectivity index (χ2n) is 4.73. The Labute approximate surface area is 113 Å². The number of hydrogen-bond acceptors (Lipinski definition) is 3. The van der Waals surface area contributed by atoms with Crippen LogP contribution in [0.25, 0.3) is 11.1 Å². The average molecular weight is 255 g/mol. The highest BCUT2D eigenvalue weighted by molar-refractivity contribution is 5.63. The maximum absolute atomic E-state index is 10.1. The summed E-state index contributed by atoms with van der Waals surface area (Å²) in [6.45, 7) is 5.01. The van der Waals surface area contributed by atoms with Crippen LogP contribution in [0, 0.1) is 0 Å². The van der Waals surface area contributed by atoms with Crippen molar-refractivity contribution in [2.45, 2.75) is 26.4 Å². The fourth-order valence-corrected chi connectivity index (χ4v) is 1.88. The molecule has 1 aromatic heterocycles. The number of rotatable bonds is 5. The van der Waals surface area contributed by atoms with Gasteiger partial charge in [0, 0.05) is 11.8 Å². The molecule has 0 N–H and O–H groups in total. The van der Waals surface area contributed by atoms with Crippen LogP contribution in [-0.4, -0.2) is 11.5 Å². The van der Waals surface area contributed by atoms with Crippen molar-refractivity contribution in [3.05, 3.63) is 53.9 Å². The lowest BCUT2D eigenvalue weighted by molar-refractivity contribution is -0.129. The highest BCUT2D eigenvalue weighted by Gasteiger charge is 2.03. The lowest BCUT2D eigenvalue weighted by Crippen LogP contribution is -1.94. The van der Waals surface area contributed by atoms with Gasteiger partial charge in [0.1, 0.15) is 6.61 Å². The number of nitrogens with zero attached hydrogens (tertiary/aromatic N) is 1. The standard InChI is InChI=1S/C16H17NO2/c1-12(2)13-4-3-5-14(8-13)15-6-7-16(17-9-15)10-19-11-18/h3-9,11-12H,10H2,1-2H3. The van der Waals surface area contributed by atoms with E-state index in [0.29, 0.717) is 12.4 Å². The number of benzene rings is 1. The molecule has 0 aliphatic rings. The minimum atomic E-state index is 0.218. The summed E-state index contributed by atoms with van der Waals surface area (Å²) in [5.74, 6) is 0.508. The van der Waals surface area contributed by atoms with Gasteiger partial charge in [-0.25, -0.2) is 0 Å². The van der Waals surface area contributed by atoms with Crippen LogP contribution in [0.15, 0.2) is 42.6 Å². The van der Waals surface area contributed by atoms with Crippen molar-refractivity contribution in [1.29, 1.82) is 0 Å². The molecule has 0 unspecified atom stereocenters. The topological polar surface area (TPSA) is 39.2 Å². The Bertz CT molecular complexity index is 547. The van der Waals surface area contributed by atoms with E-state index in [9.17, 15) is 4.79 Å². The van der Waals surface area contributed by atoms with Crippen LogP contribution in [0.3, 0.4) is 0 Å². The molecule has 0 aliphatic heterocycles. The quantitative estimate of drug-likeness (QED) is 0.767. The maximum Gasteiger partial charge on any atom is 0.293 e. The van der Waals surface area contributed by atoms with Crippen LogP contribution in [0.5, 0.6) is 0 Å². The van der Waals surface area contributed by atoms with Gasteiger partial charge >= 0.3 is 0 Å². The van der Waals surface area contributed by atoms with Crippen molar-refractivity contribution in [3.8, 4) is 11.1 Å². The molecular weight excluding hydrogens is 238 g/mol. The number of carbonyl (C=O) groups is 1. The Balaban J connectivity index is 2.22. The fraction of sp³-hybridized carbons (Fsp3) is 0.250. The van der Waals surface area contributed by atoms with E-state index in [1.54, 1.807) is 0 Å². The lowest BCUT2D eigenvalue weighted by Gasteiger charge is -2.08. The zero-order valence-electron chi connectivity index (χ0n) is 11.2. The predicted molar refractivity (Wildman–Crippen MR) is 74.6 cm³/mol. The van der Waals surface area contributed by atoms with Gasteiger partial charge < -0.3 is 4.74 Å². The van der Waals surface area contributed by atoms with Crippen molar-refractivity contribution in [2.75, 3.05) is 0 Å². The van der Waals surface area contributed by atoms with Gasteiger partial charge in [-0.05, 0) is 23.1 Å². The third-order valence-corrected chi connectivity index (χ3v) is 3.01. The Hall–Kier alpha value is -2.16. The second-order valence-corrected chi connectivity index (χ2v) is 4.73. The molecule has 0 aliphatic carbocycles. The smallest absolute Gasteiger partial charge is 0.293 e. The van der Waals surface area contributed by atoms with E-state index >= 15 is 0 Å². The van der Waals surface area contributed by atoms with Gasteiger partial charge in [-0.2, -0.15) is 0 Å². The van der Waals surface area contributed by atoms with Gasteiger partial charge in [-0.1, -0.05) is 44.2 Å². The molecular formula is C16H17NO2. The SMILES string of the molecule is CC(C)c1cccc(-c2ccc(COC=O)nc2)c1. The largest absolute Gasteiger partial charge is 0.461 e. The summed E-state index contributed by atoms with van der Waals surface area (Å²) in [5, 5.41) is 0. The Morgan fingerprint density at radius 3 is 2.68 bits per heavy atom. The average Bonchev–Trinajstić information content (AvgIpc) is 2.46. The monoisotopic (exact) mass is 255 g/mol. The Kier molecular flexibility index (Phi) is 4.29. The van der Waals surface area contributed by atoms with Gasteiger partial charge in [-0.3, -0.25) is 9.78 Å². The third-order valence-electron chi connectivity index (χ3n) is 3.01. The first-order valence-corrected chi connectivity index (χ1v) is 6.31. The summed E-state index contributed by atoms with van der Waals surface area (Å²) in [6.07, 6.45) is 1.81. The first-order chi connectivity index (χ1) is 9.20. The molecule has 19 heavy (non-hydrogen) atoms. The molecule has 0 radical (unpaired) electrons. The Morgan fingerprint density at radius 1 is 1.21 bits per heavy atom. The summed E-state index contributed by atoms with van der Waals surface area (Å²) < 4.78 is 4.67. The number of hydrogen-bond donors (Lipinski definition) is 0. The van der Waals surface area contributed by atoms with Crippen LogP contribution in [0.1, 0.15) is 31.0 Å². The molecule has 0 spiro atoms. The number of aromatic nitrogens is 1. The van der Waals surface area contributed by atoms with Crippen LogP contribution in [0.2, 0.25) is 0 Å².